The maximum absolute atomic E-state index is 13.5. The van der Waals surface area contributed by atoms with Crippen LogP contribution >= 0.6 is 11.3 Å². The zero-order valence-electron chi connectivity index (χ0n) is 16.1. The summed E-state index contributed by atoms with van der Waals surface area (Å²) < 4.78 is 14.3. The van der Waals surface area contributed by atoms with Gasteiger partial charge >= 0.3 is 0 Å². The van der Waals surface area contributed by atoms with Crippen LogP contribution in [0.1, 0.15) is 27.9 Å². The van der Waals surface area contributed by atoms with Crippen molar-refractivity contribution in [3.05, 3.63) is 58.9 Å². The number of hydrogen-bond donors (Lipinski definition) is 0. The molecule has 0 N–H and O–H groups in total. The molecule has 0 aliphatic carbocycles. The van der Waals surface area contributed by atoms with Crippen LogP contribution in [0.15, 0.2) is 36.4 Å². The van der Waals surface area contributed by atoms with Crippen molar-refractivity contribution in [3.63, 3.8) is 0 Å². The van der Waals surface area contributed by atoms with Crippen molar-refractivity contribution in [3.8, 4) is 0 Å². The molecule has 0 aliphatic rings. The van der Waals surface area contributed by atoms with E-state index in [2.05, 4.69) is 9.88 Å². The lowest BCUT2D eigenvalue weighted by Crippen LogP contribution is -2.33. The number of aromatic nitrogens is 1. The van der Waals surface area contributed by atoms with Crippen molar-refractivity contribution >= 4 is 32.6 Å². The van der Waals surface area contributed by atoms with Gasteiger partial charge in [-0.1, -0.05) is 28.5 Å². The first-order valence-electron chi connectivity index (χ1n) is 8.94. The summed E-state index contributed by atoms with van der Waals surface area (Å²) in [6.45, 7) is 5.41. The van der Waals surface area contributed by atoms with Gasteiger partial charge in [0.15, 0.2) is 5.13 Å². The Labute approximate surface area is 163 Å². The minimum atomic E-state index is -0.294. The van der Waals surface area contributed by atoms with Gasteiger partial charge in [0.25, 0.3) is 5.91 Å². The number of carbonyl (C=O) groups is 1. The monoisotopic (exact) mass is 385 g/mol. The Bertz CT molecular complexity index is 947. The standard InChI is InChI=1S/C21H24FN3OS/c1-14-10-15(2)12-16(11-14)20(26)25(9-5-8-24(3)4)21-23-18-7-6-17(22)13-19(18)27-21/h6-7,10-13H,5,8-9H2,1-4H3. The van der Waals surface area contributed by atoms with Crippen molar-refractivity contribution in [1.29, 1.82) is 0 Å². The average molecular weight is 386 g/mol. The van der Waals surface area contributed by atoms with E-state index in [4.69, 9.17) is 0 Å². The van der Waals surface area contributed by atoms with Crippen molar-refractivity contribution in [2.75, 3.05) is 32.1 Å². The quantitative estimate of drug-likeness (QED) is 0.620. The van der Waals surface area contributed by atoms with E-state index < -0.39 is 0 Å². The summed E-state index contributed by atoms with van der Waals surface area (Å²) in [5, 5.41) is 0.610. The molecule has 0 spiro atoms. The lowest BCUT2D eigenvalue weighted by atomic mass is 10.1. The van der Waals surface area contributed by atoms with Gasteiger partial charge in [0.05, 0.1) is 10.2 Å². The van der Waals surface area contributed by atoms with Crippen LogP contribution in [0, 0.1) is 19.7 Å². The molecular formula is C21H24FN3OS. The van der Waals surface area contributed by atoms with E-state index in [0.29, 0.717) is 22.8 Å². The van der Waals surface area contributed by atoms with Gasteiger partial charge in [0.2, 0.25) is 0 Å². The van der Waals surface area contributed by atoms with Crippen LogP contribution in [0.25, 0.3) is 10.2 Å². The molecule has 27 heavy (non-hydrogen) atoms. The molecule has 3 rings (SSSR count). The smallest absolute Gasteiger partial charge is 0.260 e. The second-order valence-corrected chi connectivity index (χ2v) is 8.11. The number of nitrogens with zero attached hydrogens (tertiary/aromatic N) is 3. The molecule has 0 unspecified atom stereocenters. The maximum Gasteiger partial charge on any atom is 0.260 e. The van der Waals surface area contributed by atoms with Crippen molar-refractivity contribution in [2.24, 2.45) is 0 Å². The number of anilines is 1. The summed E-state index contributed by atoms with van der Waals surface area (Å²) in [6, 6.07) is 10.4. The molecule has 3 aromatic rings. The molecule has 1 amide bonds. The first-order chi connectivity index (χ1) is 12.8. The Morgan fingerprint density at radius 2 is 1.78 bits per heavy atom. The minimum absolute atomic E-state index is 0.0694. The molecule has 0 saturated heterocycles. The Balaban J connectivity index is 1.97. The number of benzene rings is 2. The van der Waals surface area contributed by atoms with Gasteiger partial charge in [-0.25, -0.2) is 9.37 Å². The molecule has 4 nitrogen and oxygen atoms in total. The third-order valence-corrected chi connectivity index (χ3v) is 5.31. The number of aryl methyl sites for hydroxylation is 2. The molecule has 6 heteroatoms. The Hall–Kier alpha value is -2.31. The first-order valence-corrected chi connectivity index (χ1v) is 9.76. The average Bonchev–Trinajstić information content (AvgIpc) is 2.99. The van der Waals surface area contributed by atoms with E-state index in [1.807, 2.05) is 46.1 Å². The molecule has 1 heterocycles. The lowest BCUT2D eigenvalue weighted by molar-refractivity contribution is 0.0986. The predicted octanol–water partition coefficient (Wildman–Crippen LogP) is 4.65. The lowest BCUT2D eigenvalue weighted by Gasteiger charge is -2.21. The predicted molar refractivity (Wildman–Crippen MR) is 110 cm³/mol. The van der Waals surface area contributed by atoms with Crippen molar-refractivity contribution < 1.29 is 9.18 Å². The number of halogens is 1. The van der Waals surface area contributed by atoms with Gasteiger partial charge in [-0.15, -0.1) is 0 Å². The molecule has 1 aromatic heterocycles. The zero-order valence-corrected chi connectivity index (χ0v) is 16.9. The molecule has 0 fully saturated rings. The normalized spacial score (nSPS) is 11.3. The van der Waals surface area contributed by atoms with Crippen LogP contribution < -0.4 is 4.90 Å². The highest BCUT2D eigenvalue weighted by Crippen LogP contribution is 2.30. The van der Waals surface area contributed by atoms with Crippen LogP contribution in [0.5, 0.6) is 0 Å². The molecule has 0 radical (unpaired) electrons. The van der Waals surface area contributed by atoms with Gasteiger partial charge in [-0.05, 0) is 71.2 Å². The third kappa shape index (κ3) is 4.70. The van der Waals surface area contributed by atoms with Gasteiger partial charge < -0.3 is 4.90 Å². The van der Waals surface area contributed by atoms with E-state index in [1.54, 1.807) is 11.0 Å². The van der Waals surface area contributed by atoms with E-state index in [-0.39, 0.29) is 11.7 Å². The molecule has 0 bridgehead atoms. The van der Waals surface area contributed by atoms with Crippen LogP contribution in [0.2, 0.25) is 0 Å². The Kier molecular flexibility index (Phi) is 5.87. The van der Waals surface area contributed by atoms with Crippen LogP contribution in [-0.4, -0.2) is 43.0 Å². The van der Waals surface area contributed by atoms with Gasteiger partial charge in [0.1, 0.15) is 5.82 Å². The molecule has 0 saturated carbocycles. The number of fused-ring (bicyclic) bond motifs is 1. The largest absolute Gasteiger partial charge is 0.309 e. The highest BCUT2D eigenvalue weighted by atomic mass is 32.1. The maximum atomic E-state index is 13.5. The first kappa shape index (κ1) is 19.5. The fourth-order valence-corrected chi connectivity index (χ4v) is 4.10. The fraction of sp³-hybridized carbons (Fsp3) is 0.333. The number of carbonyl (C=O) groups excluding carboxylic acids is 1. The molecule has 0 atom stereocenters. The van der Waals surface area contributed by atoms with Crippen molar-refractivity contribution in [1.82, 2.24) is 9.88 Å². The third-order valence-electron chi connectivity index (χ3n) is 4.27. The number of amides is 1. The summed E-state index contributed by atoms with van der Waals surface area (Å²) in [5.41, 5.74) is 3.47. The summed E-state index contributed by atoms with van der Waals surface area (Å²) in [5.74, 6) is -0.363. The highest BCUT2D eigenvalue weighted by Gasteiger charge is 2.21. The Morgan fingerprint density at radius 1 is 1.07 bits per heavy atom. The summed E-state index contributed by atoms with van der Waals surface area (Å²) in [6.07, 6.45) is 0.827. The van der Waals surface area contributed by atoms with Crippen LogP contribution in [0.3, 0.4) is 0 Å². The summed E-state index contributed by atoms with van der Waals surface area (Å²) in [7, 11) is 4.02. The molecular weight excluding hydrogens is 361 g/mol. The summed E-state index contributed by atoms with van der Waals surface area (Å²) >= 11 is 1.35. The number of rotatable bonds is 6. The highest BCUT2D eigenvalue weighted by molar-refractivity contribution is 7.22. The van der Waals surface area contributed by atoms with Crippen molar-refractivity contribution in [2.45, 2.75) is 20.3 Å². The second kappa shape index (κ2) is 8.15. The van der Waals surface area contributed by atoms with E-state index in [9.17, 15) is 9.18 Å². The molecule has 2 aromatic carbocycles. The Morgan fingerprint density at radius 3 is 2.44 bits per heavy atom. The van der Waals surface area contributed by atoms with Gasteiger partial charge in [-0.3, -0.25) is 9.69 Å². The molecule has 142 valence electrons. The van der Waals surface area contributed by atoms with Gasteiger partial charge in [0, 0.05) is 12.1 Å². The second-order valence-electron chi connectivity index (χ2n) is 7.10. The fourth-order valence-electron chi connectivity index (χ4n) is 3.08. The van der Waals surface area contributed by atoms with E-state index in [0.717, 1.165) is 28.8 Å². The van der Waals surface area contributed by atoms with E-state index in [1.165, 1.54) is 23.5 Å². The number of hydrogen-bond acceptors (Lipinski definition) is 4. The van der Waals surface area contributed by atoms with Gasteiger partial charge in [-0.2, -0.15) is 0 Å². The minimum Gasteiger partial charge on any atom is -0.309 e. The van der Waals surface area contributed by atoms with E-state index >= 15 is 0 Å². The molecule has 0 aliphatic heterocycles. The zero-order chi connectivity index (χ0) is 19.6. The topological polar surface area (TPSA) is 36.4 Å². The van der Waals surface area contributed by atoms with Crippen LogP contribution in [0.4, 0.5) is 9.52 Å². The van der Waals surface area contributed by atoms with Crippen LogP contribution in [-0.2, 0) is 0 Å². The SMILES string of the molecule is Cc1cc(C)cc(C(=O)N(CCCN(C)C)c2nc3ccc(F)cc3s2)c1. The summed E-state index contributed by atoms with van der Waals surface area (Å²) in [4.78, 5) is 21.7. The number of thiazole rings is 1.